The van der Waals surface area contributed by atoms with Gasteiger partial charge in [-0.3, -0.25) is 9.79 Å². The van der Waals surface area contributed by atoms with Gasteiger partial charge in [-0.15, -0.1) is 24.0 Å². The van der Waals surface area contributed by atoms with E-state index in [2.05, 4.69) is 20.4 Å². The fraction of sp³-hybridized carbons (Fsp3) is 0.467. The van der Waals surface area contributed by atoms with Crippen molar-refractivity contribution >= 4 is 35.9 Å². The molecule has 0 saturated carbocycles. The van der Waals surface area contributed by atoms with E-state index in [-0.39, 0.29) is 42.2 Å². The summed E-state index contributed by atoms with van der Waals surface area (Å²) in [6, 6.07) is 6.70. The minimum atomic E-state index is -0.291. The predicted molar refractivity (Wildman–Crippen MR) is 96.1 cm³/mol. The Kier molecular flexibility index (Phi) is 11.4. The predicted octanol–water partition coefficient (Wildman–Crippen LogP) is 2.10. The van der Waals surface area contributed by atoms with Crippen molar-refractivity contribution in [1.29, 1.82) is 0 Å². The molecule has 0 saturated heterocycles. The minimum absolute atomic E-state index is 0. The van der Waals surface area contributed by atoms with E-state index in [0.717, 1.165) is 0 Å². The van der Waals surface area contributed by atoms with Crippen LogP contribution in [-0.4, -0.2) is 38.7 Å². The zero-order valence-electron chi connectivity index (χ0n) is 12.9. The second-order valence-corrected chi connectivity index (χ2v) is 4.35. The number of esters is 1. The van der Waals surface area contributed by atoms with E-state index >= 15 is 0 Å². The number of hydrogen-bond donors (Lipinski definition) is 2. The van der Waals surface area contributed by atoms with Gasteiger partial charge in [0, 0.05) is 13.1 Å². The van der Waals surface area contributed by atoms with Gasteiger partial charge in [0.2, 0.25) is 0 Å². The van der Waals surface area contributed by atoms with Crippen LogP contribution in [0.5, 0.6) is 0 Å². The largest absolute Gasteiger partial charge is 0.469 e. The van der Waals surface area contributed by atoms with E-state index in [1.165, 1.54) is 13.2 Å². The molecular weight excluding hydrogens is 400 g/mol. The number of ether oxygens (including phenoxy) is 1. The summed E-state index contributed by atoms with van der Waals surface area (Å²) in [6.45, 7) is 3.57. The van der Waals surface area contributed by atoms with Crippen LogP contribution in [0.3, 0.4) is 0 Å². The maximum atomic E-state index is 13.5. The quantitative estimate of drug-likeness (QED) is 0.305. The molecule has 0 spiro atoms. The van der Waals surface area contributed by atoms with E-state index in [1.54, 1.807) is 12.1 Å². The monoisotopic (exact) mass is 423 g/mol. The first-order valence-electron chi connectivity index (χ1n) is 6.99. The molecule has 22 heavy (non-hydrogen) atoms. The number of aliphatic imine (C=N–C) groups is 1. The number of nitrogens with one attached hydrogen (secondary N) is 2. The Labute approximate surface area is 147 Å². The zero-order valence-corrected chi connectivity index (χ0v) is 15.2. The highest BCUT2D eigenvalue weighted by molar-refractivity contribution is 14.0. The number of carbonyl (C=O) groups is 1. The van der Waals surface area contributed by atoms with Crippen molar-refractivity contribution in [1.82, 2.24) is 10.6 Å². The summed E-state index contributed by atoms with van der Waals surface area (Å²) in [5.41, 5.74) is 0.662. The second-order valence-electron chi connectivity index (χ2n) is 4.35. The molecule has 0 unspecified atom stereocenters. The number of hydrogen-bond acceptors (Lipinski definition) is 3. The molecule has 124 valence electrons. The fourth-order valence-corrected chi connectivity index (χ4v) is 1.72. The molecule has 0 aliphatic heterocycles. The van der Waals surface area contributed by atoms with Crippen molar-refractivity contribution in [2.75, 3.05) is 26.7 Å². The Morgan fingerprint density at radius 1 is 1.32 bits per heavy atom. The van der Waals surface area contributed by atoms with Crippen LogP contribution in [0.15, 0.2) is 29.3 Å². The SMILES string of the molecule is CCNC(=NCCC(=O)OC)NCCc1ccccc1F.I. The van der Waals surface area contributed by atoms with E-state index in [1.807, 2.05) is 13.0 Å². The average molecular weight is 423 g/mol. The van der Waals surface area contributed by atoms with Gasteiger partial charge in [0.1, 0.15) is 5.82 Å². The Balaban J connectivity index is 0.00000441. The van der Waals surface area contributed by atoms with Gasteiger partial charge < -0.3 is 15.4 Å². The summed E-state index contributed by atoms with van der Waals surface area (Å²) in [6.07, 6.45) is 0.800. The van der Waals surface area contributed by atoms with E-state index in [9.17, 15) is 9.18 Å². The van der Waals surface area contributed by atoms with Gasteiger partial charge in [-0.1, -0.05) is 18.2 Å². The van der Waals surface area contributed by atoms with Crippen molar-refractivity contribution in [2.45, 2.75) is 19.8 Å². The van der Waals surface area contributed by atoms with Gasteiger partial charge in [0.15, 0.2) is 5.96 Å². The minimum Gasteiger partial charge on any atom is -0.469 e. The lowest BCUT2D eigenvalue weighted by Crippen LogP contribution is -2.38. The number of rotatable bonds is 7. The van der Waals surface area contributed by atoms with Crippen molar-refractivity contribution in [3.05, 3.63) is 35.6 Å². The highest BCUT2D eigenvalue weighted by atomic mass is 127. The van der Waals surface area contributed by atoms with Crippen molar-refractivity contribution in [3.63, 3.8) is 0 Å². The maximum absolute atomic E-state index is 13.5. The molecule has 0 aliphatic carbocycles. The smallest absolute Gasteiger partial charge is 0.307 e. The van der Waals surface area contributed by atoms with Crippen molar-refractivity contribution in [3.8, 4) is 0 Å². The van der Waals surface area contributed by atoms with Crippen LogP contribution in [0, 0.1) is 5.82 Å². The standard InChI is InChI=1S/C15H22FN3O2.HI/c1-3-17-15(19-11-9-14(20)21-2)18-10-8-12-6-4-5-7-13(12)16;/h4-7H,3,8-11H2,1-2H3,(H2,17,18,19);1H. The molecule has 0 radical (unpaired) electrons. The number of guanidine groups is 1. The molecular formula is C15H23FIN3O2. The van der Waals surface area contributed by atoms with E-state index < -0.39 is 0 Å². The molecule has 0 heterocycles. The summed E-state index contributed by atoms with van der Waals surface area (Å²) in [4.78, 5) is 15.3. The van der Waals surface area contributed by atoms with Gasteiger partial charge in [-0.2, -0.15) is 0 Å². The molecule has 0 fully saturated rings. The third-order valence-corrected chi connectivity index (χ3v) is 2.80. The second kappa shape index (κ2) is 12.2. The molecule has 0 aromatic heterocycles. The van der Waals surface area contributed by atoms with Crippen molar-refractivity contribution < 1.29 is 13.9 Å². The van der Waals surface area contributed by atoms with Crippen LogP contribution >= 0.6 is 24.0 Å². The first kappa shape index (κ1) is 20.6. The number of methoxy groups -OCH3 is 1. The Morgan fingerprint density at radius 3 is 2.68 bits per heavy atom. The molecule has 1 rings (SSSR count). The van der Waals surface area contributed by atoms with Crippen LogP contribution in [0.4, 0.5) is 4.39 Å². The topological polar surface area (TPSA) is 62.7 Å². The number of halogens is 2. The number of carbonyl (C=O) groups excluding carboxylic acids is 1. The summed E-state index contributed by atoms with van der Waals surface area (Å²) < 4.78 is 18.0. The summed E-state index contributed by atoms with van der Waals surface area (Å²) in [5, 5.41) is 6.18. The number of benzene rings is 1. The zero-order chi connectivity index (χ0) is 15.5. The lowest BCUT2D eigenvalue weighted by atomic mass is 10.1. The van der Waals surface area contributed by atoms with Crippen LogP contribution in [0.1, 0.15) is 18.9 Å². The Hall–Kier alpha value is -1.38. The fourth-order valence-electron chi connectivity index (χ4n) is 1.72. The summed E-state index contributed by atoms with van der Waals surface area (Å²) in [7, 11) is 1.35. The first-order valence-corrected chi connectivity index (χ1v) is 6.99. The molecule has 1 aromatic rings. The molecule has 0 atom stereocenters. The van der Waals surface area contributed by atoms with E-state index in [0.29, 0.717) is 37.6 Å². The van der Waals surface area contributed by atoms with E-state index in [4.69, 9.17) is 0 Å². The highest BCUT2D eigenvalue weighted by Gasteiger charge is 2.03. The van der Waals surface area contributed by atoms with Gasteiger partial charge in [-0.05, 0) is 25.0 Å². The molecule has 1 aromatic carbocycles. The first-order chi connectivity index (χ1) is 10.2. The van der Waals surface area contributed by atoms with Crippen LogP contribution in [0.25, 0.3) is 0 Å². The van der Waals surface area contributed by atoms with Gasteiger partial charge in [-0.25, -0.2) is 4.39 Å². The van der Waals surface area contributed by atoms with Gasteiger partial charge >= 0.3 is 5.97 Å². The third kappa shape index (κ3) is 8.16. The number of nitrogens with zero attached hydrogens (tertiary/aromatic N) is 1. The molecule has 0 bridgehead atoms. The Bertz CT molecular complexity index is 484. The average Bonchev–Trinajstić information content (AvgIpc) is 2.49. The molecule has 0 amide bonds. The van der Waals surface area contributed by atoms with Crippen LogP contribution in [-0.2, 0) is 16.0 Å². The normalized spacial score (nSPS) is 10.6. The lowest BCUT2D eigenvalue weighted by Gasteiger charge is -2.11. The third-order valence-electron chi connectivity index (χ3n) is 2.80. The Morgan fingerprint density at radius 2 is 2.05 bits per heavy atom. The lowest BCUT2D eigenvalue weighted by molar-refractivity contribution is -0.140. The molecule has 2 N–H and O–H groups in total. The maximum Gasteiger partial charge on any atom is 0.307 e. The highest BCUT2D eigenvalue weighted by Crippen LogP contribution is 2.05. The summed E-state index contributed by atoms with van der Waals surface area (Å²) in [5.74, 6) is 0.116. The molecule has 7 heteroatoms. The van der Waals surface area contributed by atoms with Gasteiger partial charge in [0.25, 0.3) is 0 Å². The van der Waals surface area contributed by atoms with Crippen molar-refractivity contribution in [2.24, 2.45) is 4.99 Å². The molecule has 0 aliphatic rings. The molecule has 5 nitrogen and oxygen atoms in total. The van der Waals surface area contributed by atoms with Gasteiger partial charge in [0.05, 0.1) is 20.1 Å². The van der Waals surface area contributed by atoms with Crippen LogP contribution in [0.2, 0.25) is 0 Å². The van der Waals surface area contributed by atoms with Crippen LogP contribution < -0.4 is 10.6 Å². The summed E-state index contributed by atoms with van der Waals surface area (Å²) >= 11 is 0.